The van der Waals surface area contributed by atoms with E-state index in [1.165, 1.54) is 0 Å². The van der Waals surface area contributed by atoms with Crippen molar-refractivity contribution >= 4 is 11.8 Å². The zero-order valence-electron chi connectivity index (χ0n) is 12.2. The van der Waals surface area contributed by atoms with Gasteiger partial charge < -0.3 is 5.11 Å². The molecule has 0 bridgehead atoms. The summed E-state index contributed by atoms with van der Waals surface area (Å²) in [5.41, 5.74) is 3.35. The van der Waals surface area contributed by atoms with Crippen LogP contribution >= 0.6 is 0 Å². The van der Waals surface area contributed by atoms with E-state index in [4.69, 9.17) is 0 Å². The first kappa shape index (κ1) is 15.0. The summed E-state index contributed by atoms with van der Waals surface area (Å²) >= 11 is 0. The summed E-state index contributed by atoms with van der Waals surface area (Å²) < 4.78 is 0. The van der Waals surface area contributed by atoms with E-state index >= 15 is 0 Å². The summed E-state index contributed by atoms with van der Waals surface area (Å²) in [5.74, 6) is -1.93. The van der Waals surface area contributed by atoms with Crippen molar-refractivity contribution in [2.24, 2.45) is 0 Å². The molecule has 0 heterocycles. The van der Waals surface area contributed by atoms with Gasteiger partial charge in [0.1, 0.15) is 0 Å². The van der Waals surface area contributed by atoms with Crippen molar-refractivity contribution < 1.29 is 14.7 Å². The van der Waals surface area contributed by atoms with E-state index in [0.717, 1.165) is 11.1 Å². The first-order chi connectivity index (χ1) is 9.97. The topological polar surface area (TPSA) is 54.4 Å². The minimum atomic E-state index is -0.973. The molecule has 0 aliphatic heterocycles. The molecule has 0 aromatic heterocycles. The molecule has 108 valence electrons. The number of hydrogen-bond donors (Lipinski definition) is 1. The summed E-state index contributed by atoms with van der Waals surface area (Å²) in [6.07, 6.45) is -0.0263. The van der Waals surface area contributed by atoms with Gasteiger partial charge in [-0.3, -0.25) is 9.59 Å². The predicted octanol–water partition coefficient (Wildman–Crippen LogP) is 3.74. The van der Waals surface area contributed by atoms with Crippen molar-refractivity contribution in [2.45, 2.75) is 26.2 Å². The van der Waals surface area contributed by atoms with E-state index in [1.54, 1.807) is 24.3 Å². The number of ketones is 1. The van der Waals surface area contributed by atoms with Crippen molar-refractivity contribution in [2.75, 3.05) is 0 Å². The third-order valence-corrected chi connectivity index (χ3v) is 3.54. The summed E-state index contributed by atoms with van der Waals surface area (Å²) in [4.78, 5) is 23.7. The largest absolute Gasteiger partial charge is 0.481 e. The van der Waals surface area contributed by atoms with Gasteiger partial charge in [0.15, 0.2) is 5.78 Å². The molecular weight excluding hydrogens is 264 g/mol. The maximum Gasteiger partial charge on any atom is 0.311 e. The molecule has 2 aromatic carbocycles. The van der Waals surface area contributed by atoms with Crippen LogP contribution in [0.25, 0.3) is 0 Å². The van der Waals surface area contributed by atoms with Crippen LogP contribution in [0.15, 0.2) is 48.5 Å². The quantitative estimate of drug-likeness (QED) is 0.850. The lowest BCUT2D eigenvalue weighted by molar-refractivity contribution is -0.138. The molecule has 0 aliphatic rings. The molecular formula is C18H18O3. The smallest absolute Gasteiger partial charge is 0.311 e. The van der Waals surface area contributed by atoms with Gasteiger partial charge in [-0.15, -0.1) is 0 Å². The van der Waals surface area contributed by atoms with Gasteiger partial charge in [-0.2, -0.15) is 0 Å². The van der Waals surface area contributed by atoms with E-state index in [1.807, 2.05) is 38.1 Å². The van der Waals surface area contributed by atoms with Crippen molar-refractivity contribution in [3.8, 4) is 0 Å². The molecule has 3 nitrogen and oxygen atoms in total. The van der Waals surface area contributed by atoms with E-state index in [0.29, 0.717) is 11.1 Å². The molecule has 21 heavy (non-hydrogen) atoms. The highest BCUT2D eigenvalue weighted by Gasteiger charge is 2.23. The third-order valence-electron chi connectivity index (χ3n) is 3.54. The normalized spacial score (nSPS) is 11.9. The third kappa shape index (κ3) is 3.78. The Balaban J connectivity index is 2.20. The highest BCUT2D eigenvalue weighted by atomic mass is 16.4. The lowest BCUT2D eigenvalue weighted by Crippen LogP contribution is -2.16. The number of benzene rings is 2. The second-order valence-electron chi connectivity index (χ2n) is 5.29. The SMILES string of the molecule is Cc1ccc(C(=O)C[C@@H](C(=O)O)c2ccc(C)cc2)cc1. The van der Waals surface area contributed by atoms with Gasteiger partial charge in [0.25, 0.3) is 0 Å². The van der Waals surface area contributed by atoms with Crippen LogP contribution in [0.1, 0.15) is 39.4 Å². The average Bonchev–Trinajstić information content (AvgIpc) is 2.46. The first-order valence-corrected chi connectivity index (χ1v) is 6.86. The van der Waals surface area contributed by atoms with Crippen LogP contribution < -0.4 is 0 Å². The van der Waals surface area contributed by atoms with Crippen LogP contribution in [0.2, 0.25) is 0 Å². The highest BCUT2D eigenvalue weighted by Crippen LogP contribution is 2.23. The van der Waals surface area contributed by atoms with Crippen LogP contribution in [0.5, 0.6) is 0 Å². The fraction of sp³-hybridized carbons (Fsp3) is 0.222. The summed E-state index contributed by atoms with van der Waals surface area (Å²) in [6, 6.07) is 14.5. The number of rotatable bonds is 5. The second kappa shape index (κ2) is 6.35. The molecule has 2 aromatic rings. The summed E-state index contributed by atoms with van der Waals surface area (Å²) in [7, 11) is 0. The zero-order valence-corrected chi connectivity index (χ0v) is 12.2. The number of Topliss-reactive ketones (excluding diaryl/α,β-unsaturated/α-hetero) is 1. The van der Waals surface area contributed by atoms with Gasteiger partial charge in [-0.25, -0.2) is 0 Å². The standard InChI is InChI=1S/C18H18O3/c1-12-3-7-14(8-4-12)16(18(20)21)11-17(19)15-9-5-13(2)6-10-15/h3-10,16H,11H2,1-2H3,(H,20,21)/t16-/m1/s1. The fourth-order valence-electron chi connectivity index (χ4n) is 2.19. The van der Waals surface area contributed by atoms with E-state index in [-0.39, 0.29) is 12.2 Å². The Morgan fingerprint density at radius 2 is 1.38 bits per heavy atom. The number of carbonyl (C=O) groups excluding carboxylic acids is 1. The van der Waals surface area contributed by atoms with Crippen molar-refractivity contribution in [3.05, 3.63) is 70.8 Å². The van der Waals surface area contributed by atoms with Gasteiger partial charge in [0, 0.05) is 12.0 Å². The van der Waals surface area contributed by atoms with Gasteiger partial charge in [0.2, 0.25) is 0 Å². The van der Waals surface area contributed by atoms with E-state index in [2.05, 4.69) is 0 Å². The number of hydrogen-bond acceptors (Lipinski definition) is 2. The van der Waals surface area contributed by atoms with Gasteiger partial charge in [-0.1, -0.05) is 59.7 Å². The molecule has 0 aliphatic carbocycles. The molecule has 3 heteroatoms. The fourth-order valence-corrected chi connectivity index (χ4v) is 2.19. The van der Waals surface area contributed by atoms with Gasteiger partial charge >= 0.3 is 5.97 Å². The Bertz CT molecular complexity index is 639. The van der Waals surface area contributed by atoms with Crippen LogP contribution in [0.3, 0.4) is 0 Å². The molecule has 0 fully saturated rings. The van der Waals surface area contributed by atoms with Crippen LogP contribution in [0.4, 0.5) is 0 Å². The molecule has 0 saturated heterocycles. The van der Waals surface area contributed by atoms with Crippen molar-refractivity contribution in [3.63, 3.8) is 0 Å². The lowest BCUT2D eigenvalue weighted by atomic mass is 9.91. The maximum atomic E-state index is 12.2. The minimum absolute atomic E-state index is 0.0263. The number of aryl methyl sites for hydroxylation is 2. The lowest BCUT2D eigenvalue weighted by Gasteiger charge is -2.12. The van der Waals surface area contributed by atoms with E-state index < -0.39 is 11.9 Å². The van der Waals surface area contributed by atoms with Crippen molar-refractivity contribution in [1.82, 2.24) is 0 Å². The molecule has 0 unspecified atom stereocenters. The Morgan fingerprint density at radius 3 is 1.86 bits per heavy atom. The highest BCUT2D eigenvalue weighted by molar-refractivity contribution is 5.99. The Hall–Kier alpha value is -2.42. The summed E-state index contributed by atoms with van der Waals surface area (Å²) in [5, 5.41) is 9.38. The van der Waals surface area contributed by atoms with Gasteiger partial charge in [0.05, 0.1) is 5.92 Å². The maximum absolute atomic E-state index is 12.2. The van der Waals surface area contributed by atoms with Crippen LogP contribution in [0, 0.1) is 13.8 Å². The molecule has 0 saturated carbocycles. The Kier molecular flexibility index (Phi) is 4.53. The molecule has 0 radical (unpaired) electrons. The minimum Gasteiger partial charge on any atom is -0.481 e. The monoisotopic (exact) mass is 282 g/mol. The van der Waals surface area contributed by atoms with Crippen LogP contribution in [-0.2, 0) is 4.79 Å². The number of carboxylic acids is 1. The number of carbonyl (C=O) groups is 2. The summed E-state index contributed by atoms with van der Waals surface area (Å²) in [6.45, 7) is 3.89. The van der Waals surface area contributed by atoms with Gasteiger partial charge in [-0.05, 0) is 19.4 Å². The average molecular weight is 282 g/mol. The Morgan fingerprint density at radius 1 is 0.905 bits per heavy atom. The molecule has 0 spiro atoms. The Labute approximate surface area is 124 Å². The van der Waals surface area contributed by atoms with Crippen molar-refractivity contribution in [1.29, 1.82) is 0 Å². The predicted molar refractivity (Wildman–Crippen MR) is 81.7 cm³/mol. The molecule has 0 amide bonds. The molecule has 2 rings (SSSR count). The molecule has 1 N–H and O–H groups in total. The molecule has 1 atom stereocenters. The zero-order chi connectivity index (χ0) is 15.4. The van der Waals surface area contributed by atoms with Crippen LogP contribution in [-0.4, -0.2) is 16.9 Å². The number of carboxylic acid groups (broad SMARTS) is 1. The van der Waals surface area contributed by atoms with E-state index in [9.17, 15) is 14.7 Å². The number of aliphatic carboxylic acids is 1. The second-order valence-corrected chi connectivity index (χ2v) is 5.29. The first-order valence-electron chi connectivity index (χ1n) is 6.86.